The van der Waals surface area contributed by atoms with Crippen molar-refractivity contribution in [2.24, 2.45) is 0 Å². The molecular weight excluding hydrogens is 604 g/mol. The number of nitrogens with one attached hydrogen (secondary N) is 1. The summed E-state index contributed by atoms with van der Waals surface area (Å²) in [6.45, 7) is 3.90. The average molecular weight is 644 g/mol. The predicted molar refractivity (Wildman–Crippen MR) is 156 cm³/mol. The van der Waals surface area contributed by atoms with Crippen molar-refractivity contribution in [2.75, 3.05) is 33.7 Å². The molecule has 1 aliphatic heterocycles. The largest absolute Gasteiger partial charge is 0.416 e. The van der Waals surface area contributed by atoms with Crippen LogP contribution in [0.4, 0.5) is 31.1 Å². The molecule has 0 aliphatic carbocycles. The highest BCUT2D eigenvalue weighted by Crippen LogP contribution is 2.36. The van der Waals surface area contributed by atoms with Gasteiger partial charge in [-0.2, -0.15) is 26.3 Å². The fraction of sp³-hybridized carbons (Fsp3) is 0.516. The molecule has 8 nitrogen and oxygen atoms in total. The van der Waals surface area contributed by atoms with Crippen LogP contribution in [0.5, 0.6) is 0 Å². The standard InChI is InChI=1S/C31H39F6N5O3/c1-5-12-41(29(45)38-17-21-14-24(30(32,33)34)16-25(15-21)31(35,36)37)27-19-40(18-23-10-8-7-9-22(23)6-2)28(44)26(42(27)20-43)11-13-39(3)4/h7-10,14-16,20,26-27H,5-6,11-13,17-19H2,1-4H3,(H,38,45)/t26-,27?/m0/s1. The number of halogens is 6. The van der Waals surface area contributed by atoms with Gasteiger partial charge in [0.05, 0.1) is 17.7 Å². The van der Waals surface area contributed by atoms with Crippen molar-refractivity contribution in [2.45, 2.75) is 70.8 Å². The maximum Gasteiger partial charge on any atom is 0.416 e. The minimum Gasteiger partial charge on any atom is -0.334 e. The molecule has 1 N–H and O–H groups in total. The van der Waals surface area contributed by atoms with Crippen molar-refractivity contribution in [3.05, 3.63) is 70.3 Å². The number of nitrogens with zero attached hydrogens (tertiary/aromatic N) is 4. The minimum absolute atomic E-state index is 0.0227. The third kappa shape index (κ3) is 9.12. The highest BCUT2D eigenvalue weighted by molar-refractivity contribution is 5.85. The molecule has 45 heavy (non-hydrogen) atoms. The number of piperazine rings is 1. The van der Waals surface area contributed by atoms with Crippen LogP contribution < -0.4 is 5.32 Å². The van der Waals surface area contributed by atoms with Crippen molar-refractivity contribution >= 4 is 18.3 Å². The van der Waals surface area contributed by atoms with Crippen LogP contribution in [0.15, 0.2) is 42.5 Å². The van der Waals surface area contributed by atoms with Gasteiger partial charge in [-0.3, -0.25) is 9.59 Å². The SMILES string of the molecule is CCCN(C(=O)NCc1cc(C(F)(F)F)cc(C(F)(F)F)c1)C1CN(Cc2ccccc2CC)C(=O)[C@H](CCN(C)C)N1C=O. The van der Waals surface area contributed by atoms with Crippen molar-refractivity contribution in [3.63, 3.8) is 0 Å². The summed E-state index contributed by atoms with van der Waals surface area (Å²) in [7, 11) is 3.64. The van der Waals surface area contributed by atoms with E-state index in [9.17, 15) is 40.7 Å². The quantitative estimate of drug-likeness (QED) is 0.250. The first-order chi connectivity index (χ1) is 21.1. The van der Waals surface area contributed by atoms with Gasteiger partial charge >= 0.3 is 18.4 Å². The second-order valence-corrected chi connectivity index (χ2v) is 11.2. The van der Waals surface area contributed by atoms with Crippen molar-refractivity contribution < 1.29 is 40.7 Å². The first-order valence-corrected chi connectivity index (χ1v) is 14.7. The first-order valence-electron chi connectivity index (χ1n) is 14.7. The van der Waals surface area contributed by atoms with Gasteiger partial charge in [-0.1, -0.05) is 38.1 Å². The molecule has 14 heteroatoms. The third-order valence-electron chi connectivity index (χ3n) is 7.69. The molecule has 1 saturated heterocycles. The van der Waals surface area contributed by atoms with Crippen LogP contribution in [-0.4, -0.2) is 83.9 Å². The summed E-state index contributed by atoms with van der Waals surface area (Å²) in [6, 6.07) is 7.05. The fourth-order valence-electron chi connectivity index (χ4n) is 5.42. The molecule has 0 spiro atoms. The lowest BCUT2D eigenvalue weighted by molar-refractivity contribution is -0.156. The van der Waals surface area contributed by atoms with E-state index < -0.39 is 53.8 Å². The Morgan fingerprint density at radius 3 is 2.09 bits per heavy atom. The van der Waals surface area contributed by atoms with Gasteiger partial charge in [0.1, 0.15) is 12.2 Å². The normalized spacial score (nSPS) is 17.5. The third-order valence-corrected chi connectivity index (χ3v) is 7.69. The summed E-state index contributed by atoms with van der Waals surface area (Å²) >= 11 is 0. The number of hydrogen-bond acceptors (Lipinski definition) is 4. The van der Waals surface area contributed by atoms with E-state index in [1.807, 2.05) is 50.2 Å². The highest BCUT2D eigenvalue weighted by atomic mass is 19.4. The van der Waals surface area contributed by atoms with E-state index in [4.69, 9.17) is 0 Å². The fourth-order valence-corrected chi connectivity index (χ4v) is 5.42. The zero-order valence-electron chi connectivity index (χ0n) is 25.7. The average Bonchev–Trinajstić information content (AvgIpc) is 2.98. The summed E-state index contributed by atoms with van der Waals surface area (Å²) in [5, 5.41) is 2.44. The van der Waals surface area contributed by atoms with E-state index in [1.54, 1.807) is 11.8 Å². The Bertz CT molecular complexity index is 1300. The van der Waals surface area contributed by atoms with Crippen LogP contribution in [0.25, 0.3) is 0 Å². The van der Waals surface area contributed by atoms with Gasteiger partial charge in [0, 0.05) is 19.6 Å². The number of benzene rings is 2. The Hall–Kier alpha value is -3.81. The van der Waals surface area contributed by atoms with Gasteiger partial charge in [0.2, 0.25) is 12.3 Å². The monoisotopic (exact) mass is 643 g/mol. The van der Waals surface area contributed by atoms with E-state index >= 15 is 0 Å². The zero-order valence-corrected chi connectivity index (χ0v) is 25.7. The Balaban J connectivity index is 1.95. The molecule has 2 atom stereocenters. The molecule has 0 bridgehead atoms. The van der Waals surface area contributed by atoms with Gasteiger partial charge in [0.15, 0.2) is 0 Å². The number of carbonyl (C=O) groups excluding carboxylic acids is 3. The maximum absolute atomic E-state index is 13.7. The van der Waals surface area contributed by atoms with Gasteiger partial charge in [-0.25, -0.2) is 4.79 Å². The van der Waals surface area contributed by atoms with Crippen LogP contribution in [0, 0.1) is 0 Å². The lowest BCUT2D eigenvalue weighted by atomic mass is 10.0. The number of alkyl halides is 6. The number of amides is 4. The number of hydrogen-bond donors (Lipinski definition) is 1. The molecule has 1 fully saturated rings. The number of urea groups is 1. The van der Waals surface area contributed by atoms with Crippen molar-refractivity contribution in [3.8, 4) is 0 Å². The summed E-state index contributed by atoms with van der Waals surface area (Å²) in [5.41, 5.74) is -1.43. The number of aryl methyl sites for hydroxylation is 1. The molecule has 1 unspecified atom stereocenters. The van der Waals surface area contributed by atoms with Gasteiger partial charge in [-0.15, -0.1) is 0 Å². The Kier molecular flexibility index (Phi) is 11.9. The first kappa shape index (κ1) is 35.7. The Labute approximate surface area is 258 Å². The number of carbonyl (C=O) groups is 3. The molecule has 2 aromatic rings. The van der Waals surface area contributed by atoms with E-state index in [0.717, 1.165) is 17.5 Å². The second kappa shape index (κ2) is 15.0. The molecule has 2 aromatic carbocycles. The lowest BCUT2D eigenvalue weighted by Crippen LogP contribution is -2.68. The zero-order chi connectivity index (χ0) is 33.5. The van der Waals surface area contributed by atoms with Crippen molar-refractivity contribution in [1.82, 2.24) is 24.9 Å². The topological polar surface area (TPSA) is 76.2 Å². The van der Waals surface area contributed by atoms with Crippen LogP contribution in [0.2, 0.25) is 0 Å². The molecule has 0 radical (unpaired) electrons. The van der Waals surface area contributed by atoms with Crippen LogP contribution in [-0.2, 0) is 41.5 Å². The summed E-state index contributed by atoms with van der Waals surface area (Å²) in [4.78, 5) is 45.8. The maximum atomic E-state index is 13.7. The molecule has 1 heterocycles. The lowest BCUT2D eigenvalue weighted by Gasteiger charge is -2.48. The number of rotatable bonds is 12. The van der Waals surface area contributed by atoms with Gasteiger partial charge < -0.3 is 24.9 Å². The molecule has 1 aliphatic rings. The van der Waals surface area contributed by atoms with Crippen LogP contribution >= 0.6 is 0 Å². The molecule has 248 valence electrons. The summed E-state index contributed by atoms with van der Waals surface area (Å²) in [5.74, 6) is -0.286. The Morgan fingerprint density at radius 2 is 1.58 bits per heavy atom. The van der Waals surface area contributed by atoms with E-state index in [1.165, 1.54) is 9.80 Å². The molecule has 0 saturated carbocycles. The Morgan fingerprint density at radius 1 is 0.978 bits per heavy atom. The minimum atomic E-state index is -5.03. The van der Waals surface area contributed by atoms with E-state index in [0.29, 0.717) is 31.5 Å². The second-order valence-electron chi connectivity index (χ2n) is 11.2. The van der Waals surface area contributed by atoms with Crippen LogP contribution in [0.3, 0.4) is 0 Å². The van der Waals surface area contributed by atoms with E-state index in [-0.39, 0.29) is 38.0 Å². The highest BCUT2D eigenvalue weighted by Gasteiger charge is 2.44. The van der Waals surface area contributed by atoms with Crippen LogP contribution in [0.1, 0.15) is 54.5 Å². The molecular formula is C31H39F6N5O3. The molecule has 0 aromatic heterocycles. The van der Waals surface area contributed by atoms with E-state index in [2.05, 4.69) is 5.32 Å². The summed E-state index contributed by atoms with van der Waals surface area (Å²) < 4.78 is 80.2. The van der Waals surface area contributed by atoms with Crippen molar-refractivity contribution in [1.29, 1.82) is 0 Å². The van der Waals surface area contributed by atoms with Gasteiger partial charge in [-0.05, 0) is 74.8 Å². The van der Waals surface area contributed by atoms with Gasteiger partial charge in [0.25, 0.3) is 0 Å². The molecule has 4 amide bonds. The molecule has 3 rings (SSSR count). The summed E-state index contributed by atoms with van der Waals surface area (Å²) in [6.07, 6.45) is -9.07. The predicted octanol–water partition coefficient (Wildman–Crippen LogP) is 5.36. The smallest absolute Gasteiger partial charge is 0.334 e.